The number of methoxy groups -OCH3 is 2. The van der Waals surface area contributed by atoms with Crippen molar-refractivity contribution >= 4 is 33.3 Å². The van der Waals surface area contributed by atoms with Crippen LogP contribution in [-0.2, 0) is 5.54 Å². The molecule has 6 rings (SSSR count). The molecule has 0 saturated carbocycles. The zero-order chi connectivity index (χ0) is 21.9. The Bertz CT molecular complexity index is 1430. The van der Waals surface area contributed by atoms with Crippen LogP contribution in [0.2, 0.25) is 0 Å². The molecule has 1 aliphatic heterocycles. The summed E-state index contributed by atoms with van der Waals surface area (Å²) in [6.45, 7) is 0. The van der Waals surface area contributed by atoms with E-state index in [0.717, 1.165) is 50.1 Å². The van der Waals surface area contributed by atoms with Gasteiger partial charge in [0, 0.05) is 45.5 Å². The molecule has 5 aromatic rings. The van der Waals surface area contributed by atoms with Crippen LogP contribution in [0.25, 0.3) is 21.8 Å². The number of carbonyl (C=O) groups excluding carboxylic acids is 1. The molecule has 0 amide bonds. The number of hydrogen-bond acceptors (Lipinski definition) is 4. The van der Waals surface area contributed by atoms with Gasteiger partial charge in [-0.1, -0.05) is 36.4 Å². The standard InChI is InChI=1S/C26H21N3O3/c1-31-21-11-5-8-15-18(13-27-23(15)21)26(25(30)17-7-3-4-10-20(17)29-26)19-14-28-24-16(19)9-6-12-22(24)32-2/h3-14,27-29H,1-2H3. The van der Waals surface area contributed by atoms with Crippen LogP contribution in [0.1, 0.15) is 21.5 Å². The van der Waals surface area contributed by atoms with E-state index >= 15 is 0 Å². The number of benzene rings is 3. The predicted octanol–water partition coefficient (Wildman–Crippen LogP) is 5.22. The van der Waals surface area contributed by atoms with Crippen LogP contribution in [0.4, 0.5) is 5.69 Å². The molecule has 6 nitrogen and oxygen atoms in total. The van der Waals surface area contributed by atoms with Crippen LogP contribution in [0.15, 0.2) is 73.1 Å². The minimum Gasteiger partial charge on any atom is -0.495 e. The van der Waals surface area contributed by atoms with Crippen molar-refractivity contribution in [2.45, 2.75) is 5.54 Å². The summed E-state index contributed by atoms with van der Waals surface area (Å²) in [4.78, 5) is 20.8. The summed E-state index contributed by atoms with van der Waals surface area (Å²) in [5, 5.41) is 5.44. The Balaban J connectivity index is 1.71. The van der Waals surface area contributed by atoms with E-state index in [1.165, 1.54) is 0 Å². The molecule has 3 aromatic carbocycles. The van der Waals surface area contributed by atoms with E-state index in [1.807, 2.05) is 73.1 Å². The third-order valence-corrected chi connectivity index (χ3v) is 6.44. The highest BCUT2D eigenvalue weighted by Crippen LogP contribution is 2.49. The fourth-order valence-corrected chi connectivity index (χ4v) is 4.99. The quantitative estimate of drug-likeness (QED) is 0.370. The lowest BCUT2D eigenvalue weighted by molar-refractivity contribution is 0.0942. The molecular weight excluding hydrogens is 402 g/mol. The molecular formula is C26H21N3O3. The number of rotatable bonds is 4. The summed E-state index contributed by atoms with van der Waals surface area (Å²) in [5.41, 5.74) is 3.76. The normalized spacial score (nSPS) is 14.5. The molecule has 6 heteroatoms. The lowest BCUT2D eigenvalue weighted by Crippen LogP contribution is -2.39. The first-order valence-electron chi connectivity index (χ1n) is 10.4. The Kier molecular flexibility index (Phi) is 3.86. The Morgan fingerprint density at radius 1 is 0.719 bits per heavy atom. The SMILES string of the molecule is COc1cccc2c(C3(c4c[nH]c5c(OC)cccc45)Nc4ccccc4C3=O)c[nH]c12. The van der Waals surface area contributed by atoms with Gasteiger partial charge in [-0.05, 0) is 24.3 Å². The number of para-hydroxylation sites is 3. The maximum absolute atomic E-state index is 14.2. The Morgan fingerprint density at radius 2 is 1.28 bits per heavy atom. The smallest absolute Gasteiger partial charge is 0.199 e. The molecule has 158 valence electrons. The Labute approximate surface area is 184 Å². The second kappa shape index (κ2) is 6.65. The first-order chi connectivity index (χ1) is 15.7. The molecule has 1 aliphatic rings. The molecule has 0 spiro atoms. The third kappa shape index (κ3) is 2.26. The fourth-order valence-electron chi connectivity index (χ4n) is 4.99. The predicted molar refractivity (Wildman–Crippen MR) is 125 cm³/mol. The summed E-state index contributed by atoms with van der Waals surface area (Å²) in [6.07, 6.45) is 3.81. The van der Waals surface area contributed by atoms with Gasteiger partial charge in [-0.2, -0.15) is 0 Å². The van der Waals surface area contributed by atoms with Crippen LogP contribution in [-0.4, -0.2) is 30.0 Å². The molecule has 0 aliphatic carbocycles. The number of fused-ring (bicyclic) bond motifs is 3. The zero-order valence-corrected chi connectivity index (χ0v) is 17.7. The molecule has 3 heterocycles. The average Bonchev–Trinajstić information content (AvgIpc) is 3.53. The van der Waals surface area contributed by atoms with Crippen molar-refractivity contribution in [3.05, 3.63) is 89.7 Å². The van der Waals surface area contributed by atoms with Crippen molar-refractivity contribution in [3.8, 4) is 11.5 Å². The van der Waals surface area contributed by atoms with Gasteiger partial charge in [0.1, 0.15) is 11.5 Å². The number of hydrogen-bond donors (Lipinski definition) is 3. The van der Waals surface area contributed by atoms with Crippen molar-refractivity contribution < 1.29 is 14.3 Å². The van der Waals surface area contributed by atoms with Gasteiger partial charge in [-0.3, -0.25) is 4.79 Å². The number of Topliss-reactive ketones (excluding diaryl/α,β-unsaturated/α-hetero) is 1. The van der Waals surface area contributed by atoms with Crippen molar-refractivity contribution in [2.75, 3.05) is 19.5 Å². The lowest BCUT2D eigenvalue weighted by atomic mass is 9.79. The van der Waals surface area contributed by atoms with Crippen LogP contribution >= 0.6 is 0 Å². The van der Waals surface area contributed by atoms with Gasteiger partial charge in [-0.15, -0.1) is 0 Å². The van der Waals surface area contributed by atoms with E-state index < -0.39 is 5.54 Å². The van der Waals surface area contributed by atoms with Gasteiger partial charge in [0.15, 0.2) is 11.3 Å². The second-order valence-electron chi connectivity index (χ2n) is 7.92. The highest BCUT2D eigenvalue weighted by atomic mass is 16.5. The molecule has 0 bridgehead atoms. The molecule has 0 fully saturated rings. The molecule has 0 saturated heterocycles. The number of ketones is 1. The van der Waals surface area contributed by atoms with Gasteiger partial charge < -0.3 is 24.8 Å². The van der Waals surface area contributed by atoms with Crippen LogP contribution in [0.5, 0.6) is 11.5 Å². The number of ether oxygens (including phenoxy) is 2. The topological polar surface area (TPSA) is 79.1 Å². The van der Waals surface area contributed by atoms with Crippen LogP contribution in [0, 0.1) is 0 Å². The number of carbonyl (C=O) groups is 1. The van der Waals surface area contributed by atoms with Crippen LogP contribution < -0.4 is 14.8 Å². The highest BCUT2D eigenvalue weighted by molar-refractivity contribution is 6.19. The van der Waals surface area contributed by atoms with E-state index in [2.05, 4.69) is 15.3 Å². The third-order valence-electron chi connectivity index (χ3n) is 6.44. The summed E-state index contributed by atoms with van der Waals surface area (Å²) < 4.78 is 11.1. The van der Waals surface area contributed by atoms with E-state index in [9.17, 15) is 4.79 Å². The maximum atomic E-state index is 14.2. The van der Waals surface area contributed by atoms with Gasteiger partial charge in [-0.25, -0.2) is 0 Å². The van der Waals surface area contributed by atoms with Crippen molar-refractivity contribution in [1.29, 1.82) is 0 Å². The molecule has 0 atom stereocenters. The summed E-state index contributed by atoms with van der Waals surface area (Å²) in [6, 6.07) is 19.4. The minimum absolute atomic E-state index is 0.000500. The lowest BCUT2D eigenvalue weighted by Gasteiger charge is -2.29. The van der Waals surface area contributed by atoms with Gasteiger partial charge in [0.2, 0.25) is 0 Å². The molecule has 32 heavy (non-hydrogen) atoms. The number of nitrogens with one attached hydrogen (secondary N) is 3. The zero-order valence-electron chi connectivity index (χ0n) is 17.7. The van der Waals surface area contributed by atoms with Crippen molar-refractivity contribution in [2.24, 2.45) is 0 Å². The van der Waals surface area contributed by atoms with Crippen molar-refractivity contribution in [1.82, 2.24) is 9.97 Å². The number of H-pyrrole nitrogens is 2. The van der Waals surface area contributed by atoms with Gasteiger partial charge >= 0.3 is 0 Å². The van der Waals surface area contributed by atoms with E-state index in [0.29, 0.717) is 5.56 Å². The fraction of sp³-hybridized carbons (Fsp3) is 0.115. The Hall–Kier alpha value is -4.19. The van der Waals surface area contributed by atoms with E-state index in [1.54, 1.807) is 14.2 Å². The average molecular weight is 423 g/mol. The largest absolute Gasteiger partial charge is 0.495 e. The maximum Gasteiger partial charge on any atom is 0.199 e. The number of aromatic amines is 2. The van der Waals surface area contributed by atoms with E-state index in [-0.39, 0.29) is 5.78 Å². The monoisotopic (exact) mass is 423 g/mol. The number of anilines is 1. The first kappa shape index (κ1) is 18.6. The first-order valence-corrected chi connectivity index (χ1v) is 10.4. The molecule has 0 radical (unpaired) electrons. The van der Waals surface area contributed by atoms with Crippen molar-refractivity contribution in [3.63, 3.8) is 0 Å². The van der Waals surface area contributed by atoms with E-state index in [4.69, 9.17) is 9.47 Å². The summed E-state index contributed by atoms with van der Waals surface area (Å²) >= 11 is 0. The summed E-state index contributed by atoms with van der Waals surface area (Å²) in [7, 11) is 3.29. The second-order valence-corrected chi connectivity index (χ2v) is 7.92. The number of aromatic nitrogens is 2. The highest BCUT2D eigenvalue weighted by Gasteiger charge is 2.50. The molecule has 3 N–H and O–H groups in total. The van der Waals surface area contributed by atoms with Crippen LogP contribution in [0.3, 0.4) is 0 Å². The van der Waals surface area contributed by atoms with Gasteiger partial charge in [0.25, 0.3) is 0 Å². The Morgan fingerprint density at radius 3 is 1.81 bits per heavy atom. The minimum atomic E-state index is -1.11. The summed E-state index contributed by atoms with van der Waals surface area (Å²) in [5.74, 6) is 1.46. The molecule has 0 unspecified atom stereocenters. The van der Waals surface area contributed by atoms with Gasteiger partial charge in [0.05, 0.1) is 25.3 Å². The molecule has 2 aromatic heterocycles.